The summed E-state index contributed by atoms with van der Waals surface area (Å²) in [7, 11) is 1.63. The van der Waals surface area contributed by atoms with E-state index in [1.54, 1.807) is 24.1 Å². The van der Waals surface area contributed by atoms with Crippen molar-refractivity contribution < 1.29 is 19.1 Å². The SMILES string of the molecule is CNC(=O)C1CCN(C(=O)c2cc(Cl)c3c(c2)OCO3)CC1. The van der Waals surface area contributed by atoms with Crippen molar-refractivity contribution in [2.45, 2.75) is 12.8 Å². The van der Waals surface area contributed by atoms with Gasteiger partial charge in [0.15, 0.2) is 11.5 Å². The zero-order valence-corrected chi connectivity index (χ0v) is 13.0. The van der Waals surface area contributed by atoms with Gasteiger partial charge in [0.05, 0.1) is 5.02 Å². The third-order valence-electron chi connectivity index (χ3n) is 4.07. The Morgan fingerprint density at radius 1 is 1.27 bits per heavy atom. The summed E-state index contributed by atoms with van der Waals surface area (Å²) in [4.78, 5) is 25.9. The molecule has 0 radical (unpaired) electrons. The van der Waals surface area contributed by atoms with Gasteiger partial charge < -0.3 is 19.7 Å². The molecule has 7 heteroatoms. The first-order valence-corrected chi connectivity index (χ1v) is 7.58. The van der Waals surface area contributed by atoms with Crippen molar-refractivity contribution in [3.8, 4) is 11.5 Å². The van der Waals surface area contributed by atoms with Crippen LogP contribution in [0.3, 0.4) is 0 Å². The fourth-order valence-electron chi connectivity index (χ4n) is 2.82. The molecular weight excluding hydrogens is 308 g/mol. The van der Waals surface area contributed by atoms with Gasteiger partial charge in [-0.2, -0.15) is 0 Å². The highest BCUT2D eigenvalue weighted by atomic mass is 35.5. The van der Waals surface area contributed by atoms with E-state index in [0.29, 0.717) is 48.0 Å². The Hall–Kier alpha value is -1.95. The molecule has 2 aliphatic rings. The molecule has 1 N–H and O–H groups in total. The van der Waals surface area contributed by atoms with Gasteiger partial charge in [0, 0.05) is 31.6 Å². The second-order valence-corrected chi connectivity index (χ2v) is 5.78. The third-order valence-corrected chi connectivity index (χ3v) is 4.35. The Balaban J connectivity index is 1.71. The maximum Gasteiger partial charge on any atom is 0.254 e. The number of nitrogens with one attached hydrogen (secondary N) is 1. The van der Waals surface area contributed by atoms with Crippen LogP contribution < -0.4 is 14.8 Å². The van der Waals surface area contributed by atoms with Crippen LogP contribution >= 0.6 is 11.6 Å². The topological polar surface area (TPSA) is 67.9 Å². The Morgan fingerprint density at radius 2 is 2.00 bits per heavy atom. The number of nitrogens with zero attached hydrogens (tertiary/aromatic N) is 1. The summed E-state index contributed by atoms with van der Waals surface area (Å²) in [6, 6.07) is 3.25. The van der Waals surface area contributed by atoms with E-state index in [9.17, 15) is 9.59 Å². The first-order valence-electron chi connectivity index (χ1n) is 7.20. The molecular formula is C15H17ClN2O4. The van der Waals surface area contributed by atoms with Gasteiger partial charge in [-0.1, -0.05) is 11.6 Å². The molecule has 118 valence electrons. The van der Waals surface area contributed by atoms with Crippen molar-refractivity contribution in [2.24, 2.45) is 5.92 Å². The molecule has 0 saturated carbocycles. The largest absolute Gasteiger partial charge is 0.454 e. The molecule has 2 aliphatic heterocycles. The summed E-state index contributed by atoms with van der Waals surface area (Å²) >= 11 is 6.11. The summed E-state index contributed by atoms with van der Waals surface area (Å²) in [5, 5.41) is 3.03. The molecule has 1 aromatic carbocycles. The first-order chi connectivity index (χ1) is 10.6. The molecule has 0 bridgehead atoms. The van der Waals surface area contributed by atoms with Crippen LogP contribution in [0.2, 0.25) is 5.02 Å². The van der Waals surface area contributed by atoms with Crippen LogP contribution in [0, 0.1) is 5.92 Å². The van der Waals surface area contributed by atoms with Crippen LogP contribution in [0.5, 0.6) is 11.5 Å². The lowest BCUT2D eigenvalue weighted by Crippen LogP contribution is -2.42. The molecule has 1 saturated heterocycles. The molecule has 0 unspecified atom stereocenters. The smallest absolute Gasteiger partial charge is 0.254 e. The van der Waals surface area contributed by atoms with Gasteiger partial charge in [-0.3, -0.25) is 9.59 Å². The number of ether oxygens (including phenoxy) is 2. The number of halogens is 1. The average molecular weight is 325 g/mol. The number of benzene rings is 1. The summed E-state index contributed by atoms with van der Waals surface area (Å²) in [6.07, 6.45) is 1.34. The number of carbonyl (C=O) groups excluding carboxylic acids is 2. The van der Waals surface area contributed by atoms with Gasteiger partial charge in [-0.15, -0.1) is 0 Å². The van der Waals surface area contributed by atoms with E-state index >= 15 is 0 Å². The van der Waals surface area contributed by atoms with Crippen LogP contribution in [0.4, 0.5) is 0 Å². The van der Waals surface area contributed by atoms with Crippen molar-refractivity contribution in [2.75, 3.05) is 26.9 Å². The fraction of sp³-hybridized carbons (Fsp3) is 0.467. The number of rotatable bonds is 2. The maximum absolute atomic E-state index is 12.6. The van der Waals surface area contributed by atoms with Crippen LogP contribution in [-0.4, -0.2) is 43.6 Å². The fourth-order valence-corrected chi connectivity index (χ4v) is 3.09. The van der Waals surface area contributed by atoms with Crippen LogP contribution in [0.15, 0.2) is 12.1 Å². The predicted molar refractivity (Wildman–Crippen MR) is 80.3 cm³/mol. The standard InChI is InChI=1S/C15H17ClN2O4/c1-17-14(19)9-2-4-18(5-3-9)15(20)10-6-11(16)13-12(7-10)21-8-22-13/h6-7,9H,2-5,8H2,1H3,(H,17,19). The van der Waals surface area contributed by atoms with Crippen LogP contribution in [0.25, 0.3) is 0 Å². The number of hydrogen-bond acceptors (Lipinski definition) is 4. The zero-order chi connectivity index (χ0) is 15.7. The highest BCUT2D eigenvalue weighted by Gasteiger charge is 2.28. The number of likely N-dealkylation sites (tertiary alicyclic amines) is 1. The highest BCUT2D eigenvalue weighted by Crippen LogP contribution is 2.40. The van der Waals surface area contributed by atoms with E-state index in [0.717, 1.165) is 0 Å². The lowest BCUT2D eigenvalue weighted by atomic mass is 9.95. The van der Waals surface area contributed by atoms with E-state index < -0.39 is 0 Å². The van der Waals surface area contributed by atoms with Crippen LogP contribution in [0.1, 0.15) is 23.2 Å². The molecule has 2 amide bonds. The van der Waals surface area contributed by atoms with Crippen molar-refractivity contribution >= 4 is 23.4 Å². The molecule has 6 nitrogen and oxygen atoms in total. The van der Waals surface area contributed by atoms with Gasteiger partial charge in [-0.05, 0) is 25.0 Å². The lowest BCUT2D eigenvalue weighted by molar-refractivity contribution is -0.125. The van der Waals surface area contributed by atoms with Crippen molar-refractivity contribution in [3.63, 3.8) is 0 Å². The van der Waals surface area contributed by atoms with Gasteiger partial charge >= 0.3 is 0 Å². The van der Waals surface area contributed by atoms with E-state index in [-0.39, 0.29) is 24.5 Å². The van der Waals surface area contributed by atoms with Gasteiger partial charge in [0.25, 0.3) is 5.91 Å². The summed E-state index contributed by atoms with van der Waals surface area (Å²) in [5.41, 5.74) is 0.479. The summed E-state index contributed by atoms with van der Waals surface area (Å²) in [6.45, 7) is 1.23. The second-order valence-electron chi connectivity index (χ2n) is 5.37. The summed E-state index contributed by atoms with van der Waals surface area (Å²) < 4.78 is 10.5. The van der Waals surface area contributed by atoms with E-state index in [2.05, 4.69) is 5.32 Å². The second kappa shape index (κ2) is 6.04. The third kappa shape index (κ3) is 2.70. The van der Waals surface area contributed by atoms with Crippen molar-refractivity contribution in [1.29, 1.82) is 0 Å². The minimum Gasteiger partial charge on any atom is -0.454 e. The van der Waals surface area contributed by atoms with E-state index in [4.69, 9.17) is 21.1 Å². The monoisotopic (exact) mass is 324 g/mol. The molecule has 3 rings (SSSR count). The molecule has 0 atom stereocenters. The highest BCUT2D eigenvalue weighted by molar-refractivity contribution is 6.32. The van der Waals surface area contributed by atoms with Crippen molar-refractivity contribution in [3.05, 3.63) is 22.7 Å². The Kier molecular flexibility index (Phi) is 4.11. The Morgan fingerprint density at radius 3 is 2.68 bits per heavy atom. The molecule has 1 fully saturated rings. The molecule has 2 heterocycles. The van der Waals surface area contributed by atoms with Gasteiger partial charge in [0.1, 0.15) is 0 Å². The predicted octanol–water partition coefficient (Wildman–Crippen LogP) is 1.67. The Labute approximate surface area is 133 Å². The van der Waals surface area contributed by atoms with Gasteiger partial charge in [0.2, 0.25) is 12.7 Å². The maximum atomic E-state index is 12.6. The van der Waals surface area contributed by atoms with E-state index in [1.165, 1.54) is 0 Å². The number of amides is 2. The normalized spacial score (nSPS) is 17.5. The number of carbonyl (C=O) groups is 2. The Bertz CT molecular complexity index is 612. The van der Waals surface area contributed by atoms with E-state index in [1.807, 2.05) is 0 Å². The molecule has 1 aromatic rings. The van der Waals surface area contributed by atoms with Crippen molar-refractivity contribution in [1.82, 2.24) is 10.2 Å². The molecule has 0 aromatic heterocycles. The first kappa shape index (κ1) is 15.0. The van der Waals surface area contributed by atoms with Gasteiger partial charge in [-0.25, -0.2) is 0 Å². The summed E-state index contributed by atoms with van der Waals surface area (Å²) in [5.74, 6) is 0.899. The average Bonchev–Trinajstić information content (AvgIpc) is 3.02. The minimum atomic E-state index is -0.101. The number of piperidine rings is 1. The quantitative estimate of drug-likeness (QED) is 0.898. The molecule has 0 aliphatic carbocycles. The zero-order valence-electron chi connectivity index (χ0n) is 12.2. The number of hydrogen-bond donors (Lipinski definition) is 1. The minimum absolute atomic E-state index is 0.0191. The number of fused-ring (bicyclic) bond motifs is 1. The van der Waals surface area contributed by atoms with Crippen LogP contribution in [-0.2, 0) is 4.79 Å². The molecule has 22 heavy (non-hydrogen) atoms. The lowest BCUT2D eigenvalue weighted by Gasteiger charge is -2.31. The molecule has 0 spiro atoms.